The van der Waals surface area contributed by atoms with E-state index in [0.717, 1.165) is 11.1 Å². The number of rotatable bonds is 8. The molecule has 0 spiro atoms. The van der Waals surface area contributed by atoms with Crippen molar-refractivity contribution in [3.8, 4) is 11.3 Å². The number of thioether (sulfide) groups is 2. The number of nitrogens with zero attached hydrogens (tertiary/aromatic N) is 1. The Morgan fingerprint density at radius 1 is 0.774 bits per heavy atom. The van der Waals surface area contributed by atoms with Crippen molar-refractivity contribution in [2.24, 2.45) is 5.92 Å². The molecule has 0 bridgehead atoms. The molecule has 0 amide bonds. The zero-order valence-electron chi connectivity index (χ0n) is 28.4. The number of furan rings is 2. The second-order valence-electron chi connectivity index (χ2n) is 13.2. The molecule has 2 fully saturated rings. The predicted octanol–water partition coefficient (Wildman–Crippen LogP) is 11.0. The van der Waals surface area contributed by atoms with E-state index >= 15 is 0 Å². The summed E-state index contributed by atoms with van der Waals surface area (Å²) in [7, 11) is 0. The summed E-state index contributed by atoms with van der Waals surface area (Å²) >= 11 is 4.08. The lowest BCUT2D eigenvalue weighted by Crippen LogP contribution is -2.49. The maximum Gasteiger partial charge on any atom is 0.309 e. The lowest BCUT2D eigenvalue weighted by atomic mass is 9.99. The van der Waals surface area contributed by atoms with Gasteiger partial charge in [0.1, 0.15) is 26.8 Å². The molecule has 10 heteroatoms. The van der Waals surface area contributed by atoms with Gasteiger partial charge in [0.05, 0.1) is 17.7 Å². The molecule has 7 aromatic rings. The van der Waals surface area contributed by atoms with Crippen molar-refractivity contribution < 1.29 is 31.9 Å². The van der Waals surface area contributed by atoms with Gasteiger partial charge in [-0.25, -0.2) is 4.39 Å². The number of hydrogen-bond donors (Lipinski definition) is 1. The average Bonchev–Trinajstić information content (AvgIpc) is 3.94. The molecule has 2 saturated heterocycles. The van der Waals surface area contributed by atoms with Gasteiger partial charge in [-0.1, -0.05) is 72.8 Å². The molecule has 0 unspecified atom stereocenters. The highest BCUT2D eigenvalue weighted by Crippen LogP contribution is 2.56. The second kappa shape index (κ2) is 14.5. The first-order valence-corrected chi connectivity index (χ1v) is 19.2. The van der Waals surface area contributed by atoms with Crippen LogP contribution in [0.15, 0.2) is 142 Å². The Labute approximate surface area is 312 Å². The van der Waals surface area contributed by atoms with Crippen LogP contribution in [-0.2, 0) is 21.3 Å². The summed E-state index contributed by atoms with van der Waals surface area (Å²) in [6.07, 6.45) is 1.76. The second-order valence-corrected chi connectivity index (χ2v) is 16.1. The largest absolute Gasteiger partial charge is 0.481 e. The Balaban J connectivity index is 0.000000170. The van der Waals surface area contributed by atoms with Gasteiger partial charge >= 0.3 is 5.97 Å². The van der Waals surface area contributed by atoms with E-state index in [0.29, 0.717) is 30.6 Å². The van der Waals surface area contributed by atoms with Crippen molar-refractivity contribution >= 4 is 51.4 Å². The van der Waals surface area contributed by atoms with Crippen molar-refractivity contribution in [3.63, 3.8) is 0 Å². The summed E-state index contributed by atoms with van der Waals surface area (Å²) in [4.78, 5) is 12.9. The van der Waals surface area contributed by atoms with Crippen LogP contribution in [0.25, 0.3) is 33.3 Å². The molecule has 0 saturated carbocycles. The molecule has 0 radical (unpaired) electrons. The topological polar surface area (TPSA) is 66.8 Å². The Kier molecular flexibility index (Phi) is 9.61. The summed E-state index contributed by atoms with van der Waals surface area (Å²) in [5.41, 5.74) is 4.79. The van der Waals surface area contributed by atoms with Gasteiger partial charge in [-0.2, -0.15) is 8.78 Å². The fourth-order valence-corrected chi connectivity index (χ4v) is 10.2. The normalized spacial score (nSPS) is 16.0. The zero-order chi connectivity index (χ0) is 36.6. The lowest BCUT2D eigenvalue weighted by molar-refractivity contribution is -0.147. The summed E-state index contributed by atoms with van der Waals surface area (Å²) in [6, 6.07) is 37.5. The summed E-state index contributed by atoms with van der Waals surface area (Å²) < 4.78 is 55.9. The molecule has 268 valence electrons. The minimum absolute atomic E-state index is 0.0344. The van der Waals surface area contributed by atoms with Crippen LogP contribution >= 0.6 is 23.5 Å². The first kappa shape index (κ1) is 35.1. The van der Waals surface area contributed by atoms with Gasteiger partial charge in [-0.3, -0.25) is 9.69 Å². The van der Waals surface area contributed by atoms with Crippen molar-refractivity contribution in [1.29, 1.82) is 0 Å². The fraction of sp³-hybridized carbons (Fsp3) is 0.186. The number of carboxylic acid groups (broad SMARTS) is 1. The molecular formula is C43H34F3NO4S2. The van der Waals surface area contributed by atoms with Crippen LogP contribution in [0.1, 0.15) is 27.8 Å². The Bertz CT molecular complexity index is 2380. The highest BCUT2D eigenvalue weighted by Gasteiger charge is 2.39. The first-order valence-electron chi connectivity index (χ1n) is 17.2. The number of carboxylic acids is 1. The van der Waals surface area contributed by atoms with Crippen LogP contribution in [0.2, 0.25) is 0 Å². The first-order chi connectivity index (χ1) is 25.7. The molecule has 0 aliphatic carbocycles. The van der Waals surface area contributed by atoms with Crippen LogP contribution in [0.5, 0.6) is 0 Å². The Hall–Kier alpha value is -4.90. The molecule has 9 rings (SSSR count). The number of benzene rings is 5. The minimum atomic E-state index is -3.17. The number of halogens is 3. The highest BCUT2D eigenvalue weighted by molar-refractivity contribution is 8.20. The van der Waals surface area contributed by atoms with Crippen molar-refractivity contribution in [2.75, 3.05) is 24.6 Å². The van der Waals surface area contributed by atoms with Gasteiger partial charge in [0.25, 0.3) is 5.92 Å². The molecule has 1 N–H and O–H groups in total. The molecule has 2 aliphatic rings. The van der Waals surface area contributed by atoms with Gasteiger partial charge < -0.3 is 13.9 Å². The molecule has 2 aliphatic heterocycles. The van der Waals surface area contributed by atoms with Gasteiger partial charge in [-0.15, -0.1) is 23.5 Å². The van der Waals surface area contributed by atoms with Crippen LogP contribution in [0.3, 0.4) is 0 Å². The van der Waals surface area contributed by atoms with Crippen molar-refractivity contribution in [1.82, 2.24) is 4.90 Å². The van der Waals surface area contributed by atoms with Gasteiger partial charge in [0.15, 0.2) is 0 Å². The maximum atomic E-state index is 14.9. The summed E-state index contributed by atoms with van der Waals surface area (Å²) in [5, 5.41) is 10.6. The molecule has 4 heterocycles. The maximum absolute atomic E-state index is 14.9. The van der Waals surface area contributed by atoms with Crippen LogP contribution < -0.4 is 0 Å². The number of alkyl halides is 2. The van der Waals surface area contributed by atoms with E-state index in [4.69, 9.17) is 13.9 Å². The van der Waals surface area contributed by atoms with E-state index in [9.17, 15) is 18.0 Å². The fourth-order valence-electron chi connectivity index (χ4n) is 6.90. The number of likely N-dealkylation sites (tertiary alicyclic amines) is 1. The molecule has 0 atom stereocenters. The number of hydrogen-bond acceptors (Lipinski definition) is 6. The number of aliphatic carboxylic acids is 1. The highest BCUT2D eigenvalue weighted by atomic mass is 32.2. The lowest BCUT2D eigenvalue weighted by Gasteiger charge is -2.36. The van der Waals surface area contributed by atoms with Crippen LogP contribution in [0.4, 0.5) is 13.2 Å². The van der Waals surface area contributed by atoms with Crippen molar-refractivity contribution in [3.05, 3.63) is 167 Å². The number of carbonyl (C=O) groups is 1. The van der Waals surface area contributed by atoms with Gasteiger partial charge in [0, 0.05) is 53.0 Å². The monoisotopic (exact) mass is 749 g/mol. The van der Waals surface area contributed by atoms with E-state index in [1.807, 2.05) is 34.5 Å². The predicted molar refractivity (Wildman–Crippen MR) is 206 cm³/mol. The smallest absolute Gasteiger partial charge is 0.309 e. The standard InChI is InChI=1S/C26H20F3NO3.C17H14OS2/c27-22-10-16(13-30-14-18(15-30)25(31)32)6-8-21(22)24-12-17-11-20(7-9-23(17)33-24)26(28,29)19-4-2-1-3-5-19;1-2-4-14(5-3-1)17(19-10-11-20-17)15-6-7-16-13(12-15)8-9-18-16/h1-12,18H,13-15H2,(H,31,32);1-9,12H,10-11H2. The average molecular weight is 750 g/mol. The Morgan fingerprint density at radius 2 is 1.49 bits per heavy atom. The van der Waals surface area contributed by atoms with Gasteiger partial charge in [-0.05, 0) is 71.3 Å². The molecule has 5 aromatic carbocycles. The molecule has 53 heavy (non-hydrogen) atoms. The molecular weight excluding hydrogens is 716 g/mol. The van der Waals surface area contributed by atoms with E-state index in [1.54, 1.807) is 42.7 Å². The van der Waals surface area contributed by atoms with E-state index in [-0.39, 0.29) is 32.4 Å². The summed E-state index contributed by atoms with van der Waals surface area (Å²) in [5.74, 6) is -2.20. The third-order valence-electron chi connectivity index (χ3n) is 9.71. The summed E-state index contributed by atoms with van der Waals surface area (Å²) in [6.45, 7) is 1.34. The van der Waals surface area contributed by atoms with Crippen LogP contribution in [0, 0.1) is 11.7 Å². The van der Waals surface area contributed by atoms with Crippen molar-refractivity contribution in [2.45, 2.75) is 16.5 Å². The third-order valence-corrected chi connectivity index (χ3v) is 13.2. The van der Waals surface area contributed by atoms with Crippen LogP contribution in [-0.4, -0.2) is 40.6 Å². The molecule has 2 aromatic heterocycles. The Morgan fingerprint density at radius 3 is 2.21 bits per heavy atom. The van der Waals surface area contributed by atoms with E-state index < -0.39 is 17.7 Å². The third kappa shape index (κ3) is 6.99. The van der Waals surface area contributed by atoms with Gasteiger partial charge in [0.2, 0.25) is 0 Å². The SMILES string of the molecule is O=C(O)C1CN(Cc2ccc(-c3cc4cc(C(F)(F)c5ccccc5)ccc4o3)c(F)c2)C1.c1ccc(C2(c3ccc4occc4c3)SCCS2)cc1. The number of fused-ring (bicyclic) bond motifs is 2. The minimum Gasteiger partial charge on any atom is -0.481 e. The van der Waals surface area contributed by atoms with E-state index in [1.165, 1.54) is 64.4 Å². The zero-order valence-corrected chi connectivity index (χ0v) is 30.0. The van der Waals surface area contributed by atoms with E-state index in [2.05, 4.69) is 48.5 Å². The quantitative estimate of drug-likeness (QED) is 0.166. The molecule has 5 nitrogen and oxygen atoms in total.